The minimum atomic E-state index is -0.134. The van der Waals surface area contributed by atoms with E-state index in [9.17, 15) is 4.79 Å². The van der Waals surface area contributed by atoms with Crippen molar-refractivity contribution in [3.8, 4) is 11.3 Å². The van der Waals surface area contributed by atoms with Crippen molar-refractivity contribution in [1.82, 2.24) is 20.8 Å². The van der Waals surface area contributed by atoms with E-state index in [1.165, 1.54) is 6.42 Å². The minimum Gasteiger partial charge on any atom is -0.349 e. The Morgan fingerprint density at radius 3 is 2.90 bits per heavy atom. The second kappa shape index (κ2) is 6.41. The van der Waals surface area contributed by atoms with Gasteiger partial charge in [-0.3, -0.25) is 9.89 Å². The van der Waals surface area contributed by atoms with Crippen LogP contribution in [0.2, 0.25) is 0 Å². The summed E-state index contributed by atoms with van der Waals surface area (Å²) < 4.78 is 0.700. The zero-order valence-electron chi connectivity index (χ0n) is 11.5. The maximum Gasteiger partial charge on any atom is 0.270 e. The van der Waals surface area contributed by atoms with Gasteiger partial charge < -0.3 is 10.6 Å². The van der Waals surface area contributed by atoms with E-state index < -0.39 is 0 Å². The van der Waals surface area contributed by atoms with Crippen LogP contribution in [0.4, 0.5) is 0 Å². The number of halogens is 1. The quantitative estimate of drug-likeness (QED) is 0.794. The summed E-state index contributed by atoms with van der Waals surface area (Å²) in [5.74, 6) is -0.134. The van der Waals surface area contributed by atoms with Gasteiger partial charge in [-0.25, -0.2) is 0 Å². The Hall–Kier alpha value is -1.66. The molecule has 1 aromatic carbocycles. The second-order valence-electron chi connectivity index (χ2n) is 5.13. The van der Waals surface area contributed by atoms with Crippen molar-refractivity contribution >= 4 is 21.8 Å². The van der Waals surface area contributed by atoms with Crippen LogP contribution in [0, 0.1) is 0 Å². The van der Waals surface area contributed by atoms with E-state index in [1.54, 1.807) is 0 Å². The number of hydrogen-bond acceptors (Lipinski definition) is 3. The topological polar surface area (TPSA) is 69.8 Å². The molecule has 6 heteroatoms. The molecule has 3 N–H and O–H groups in total. The van der Waals surface area contributed by atoms with Crippen molar-refractivity contribution in [2.45, 2.75) is 18.9 Å². The van der Waals surface area contributed by atoms with Crippen LogP contribution in [0.15, 0.2) is 34.8 Å². The lowest BCUT2D eigenvalue weighted by molar-refractivity contribution is 0.0944. The maximum atomic E-state index is 12.2. The van der Waals surface area contributed by atoms with Gasteiger partial charge in [-0.2, -0.15) is 5.10 Å². The SMILES string of the molecule is O=C(NCC1CCCN1)c1[nH]nc(-c2ccccc2)c1Br. The fourth-order valence-corrected chi connectivity index (χ4v) is 3.09. The lowest BCUT2D eigenvalue weighted by Gasteiger charge is -2.10. The number of nitrogens with zero attached hydrogens (tertiary/aromatic N) is 1. The van der Waals surface area contributed by atoms with E-state index in [2.05, 4.69) is 36.8 Å². The summed E-state index contributed by atoms with van der Waals surface area (Å²) in [7, 11) is 0. The van der Waals surface area contributed by atoms with Crippen molar-refractivity contribution in [2.24, 2.45) is 0 Å². The average molecular weight is 349 g/mol. The van der Waals surface area contributed by atoms with E-state index in [-0.39, 0.29) is 5.91 Å². The monoisotopic (exact) mass is 348 g/mol. The van der Waals surface area contributed by atoms with E-state index in [1.807, 2.05) is 30.3 Å². The van der Waals surface area contributed by atoms with Crippen molar-refractivity contribution < 1.29 is 4.79 Å². The third-order valence-corrected chi connectivity index (χ3v) is 4.42. The number of rotatable bonds is 4. The van der Waals surface area contributed by atoms with E-state index in [0.717, 1.165) is 24.2 Å². The van der Waals surface area contributed by atoms with Crippen molar-refractivity contribution in [3.05, 3.63) is 40.5 Å². The standard InChI is InChI=1S/C15H17BrN4O/c16-12-13(10-5-2-1-3-6-10)19-20-14(12)15(21)18-9-11-7-4-8-17-11/h1-3,5-6,11,17H,4,7-9H2,(H,18,21)(H,19,20). The van der Waals surface area contributed by atoms with Gasteiger partial charge in [-0.15, -0.1) is 0 Å². The first-order valence-electron chi connectivity index (χ1n) is 7.06. The van der Waals surface area contributed by atoms with Gasteiger partial charge in [-0.05, 0) is 35.3 Å². The number of benzene rings is 1. The highest BCUT2D eigenvalue weighted by atomic mass is 79.9. The van der Waals surface area contributed by atoms with Crippen LogP contribution in [-0.2, 0) is 0 Å². The number of carbonyl (C=O) groups excluding carboxylic acids is 1. The fraction of sp³-hybridized carbons (Fsp3) is 0.333. The molecule has 0 radical (unpaired) electrons. The van der Waals surface area contributed by atoms with E-state index in [0.29, 0.717) is 22.8 Å². The molecule has 110 valence electrons. The van der Waals surface area contributed by atoms with E-state index >= 15 is 0 Å². The maximum absolute atomic E-state index is 12.2. The van der Waals surface area contributed by atoms with Gasteiger partial charge in [0.15, 0.2) is 0 Å². The molecular weight excluding hydrogens is 332 g/mol. The number of hydrogen-bond donors (Lipinski definition) is 3. The van der Waals surface area contributed by atoms with Crippen LogP contribution < -0.4 is 10.6 Å². The summed E-state index contributed by atoms with van der Waals surface area (Å²) in [4.78, 5) is 12.2. The Morgan fingerprint density at radius 1 is 1.38 bits per heavy atom. The van der Waals surface area contributed by atoms with Crippen LogP contribution in [0.3, 0.4) is 0 Å². The van der Waals surface area contributed by atoms with E-state index in [4.69, 9.17) is 0 Å². The summed E-state index contributed by atoms with van der Waals surface area (Å²) in [5.41, 5.74) is 2.18. The summed E-state index contributed by atoms with van der Waals surface area (Å²) in [6.07, 6.45) is 2.28. The number of H-pyrrole nitrogens is 1. The fourth-order valence-electron chi connectivity index (χ4n) is 2.50. The Bertz CT molecular complexity index is 620. The number of aromatic amines is 1. The minimum absolute atomic E-state index is 0.134. The molecule has 21 heavy (non-hydrogen) atoms. The molecule has 1 amide bonds. The number of amides is 1. The Balaban J connectivity index is 1.71. The van der Waals surface area contributed by atoms with Gasteiger partial charge in [0, 0.05) is 18.2 Å². The lowest BCUT2D eigenvalue weighted by atomic mass is 10.1. The molecule has 1 atom stereocenters. The van der Waals surface area contributed by atoms with Gasteiger partial charge in [0.1, 0.15) is 11.4 Å². The molecule has 1 saturated heterocycles. The first kappa shape index (κ1) is 14.3. The Labute approximate surface area is 131 Å². The predicted molar refractivity (Wildman–Crippen MR) is 85.1 cm³/mol. The summed E-state index contributed by atoms with van der Waals surface area (Å²) in [5, 5.41) is 13.4. The number of aromatic nitrogens is 2. The van der Waals surface area contributed by atoms with Crippen LogP contribution in [0.1, 0.15) is 23.3 Å². The van der Waals surface area contributed by atoms with Gasteiger partial charge in [-0.1, -0.05) is 30.3 Å². The molecule has 0 bridgehead atoms. The number of nitrogens with one attached hydrogen (secondary N) is 3. The van der Waals surface area contributed by atoms with Crippen molar-refractivity contribution in [2.75, 3.05) is 13.1 Å². The first-order chi connectivity index (χ1) is 10.3. The van der Waals surface area contributed by atoms with Gasteiger partial charge >= 0.3 is 0 Å². The van der Waals surface area contributed by atoms with Crippen molar-refractivity contribution in [1.29, 1.82) is 0 Å². The van der Waals surface area contributed by atoms with Gasteiger partial charge in [0.25, 0.3) is 5.91 Å². The Kier molecular flexibility index (Phi) is 4.36. The highest BCUT2D eigenvalue weighted by molar-refractivity contribution is 9.10. The summed E-state index contributed by atoms with van der Waals surface area (Å²) >= 11 is 3.47. The normalized spacial score (nSPS) is 17.9. The molecule has 5 nitrogen and oxygen atoms in total. The average Bonchev–Trinajstić information content (AvgIpc) is 3.15. The number of carbonyl (C=O) groups is 1. The molecule has 1 unspecified atom stereocenters. The molecule has 1 aliphatic heterocycles. The smallest absolute Gasteiger partial charge is 0.270 e. The highest BCUT2D eigenvalue weighted by Crippen LogP contribution is 2.28. The third-order valence-electron chi connectivity index (χ3n) is 3.65. The van der Waals surface area contributed by atoms with Crippen molar-refractivity contribution in [3.63, 3.8) is 0 Å². The molecular formula is C15H17BrN4O. The predicted octanol–water partition coefficient (Wildman–Crippen LogP) is 2.32. The molecule has 3 rings (SSSR count). The van der Waals surface area contributed by atoms with Crippen LogP contribution in [0.5, 0.6) is 0 Å². The third kappa shape index (κ3) is 3.16. The molecule has 1 aliphatic rings. The summed E-state index contributed by atoms with van der Waals surface area (Å²) in [6.45, 7) is 1.68. The first-order valence-corrected chi connectivity index (χ1v) is 7.86. The molecule has 2 heterocycles. The van der Waals surface area contributed by atoms with Crippen LogP contribution in [0.25, 0.3) is 11.3 Å². The lowest BCUT2D eigenvalue weighted by Crippen LogP contribution is -2.37. The zero-order chi connectivity index (χ0) is 14.7. The highest BCUT2D eigenvalue weighted by Gasteiger charge is 2.20. The molecule has 0 spiro atoms. The Morgan fingerprint density at radius 2 is 2.19 bits per heavy atom. The van der Waals surface area contributed by atoms with Gasteiger partial charge in [0.05, 0.1) is 4.47 Å². The molecule has 1 aromatic heterocycles. The second-order valence-corrected chi connectivity index (χ2v) is 5.92. The van der Waals surface area contributed by atoms with Crippen LogP contribution >= 0.6 is 15.9 Å². The molecule has 2 aromatic rings. The van der Waals surface area contributed by atoms with Crippen LogP contribution in [-0.4, -0.2) is 35.2 Å². The zero-order valence-corrected chi connectivity index (χ0v) is 13.1. The molecule has 0 aliphatic carbocycles. The molecule has 0 saturated carbocycles. The summed E-state index contributed by atoms with van der Waals surface area (Å²) in [6, 6.07) is 10.1. The molecule has 1 fully saturated rings. The van der Waals surface area contributed by atoms with Gasteiger partial charge in [0.2, 0.25) is 0 Å². The largest absolute Gasteiger partial charge is 0.349 e.